The number of hydrogen-bond donors (Lipinski definition) is 1. The highest BCUT2D eigenvalue weighted by molar-refractivity contribution is 7.71. The van der Waals surface area contributed by atoms with E-state index in [4.69, 9.17) is 23.8 Å². The van der Waals surface area contributed by atoms with Gasteiger partial charge in [-0.25, -0.2) is 5.10 Å². The zero-order valence-electron chi connectivity index (χ0n) is 16.7. The molecule has 0 aliphatic carbocycles. The van der Waals surface area contributed by atoms with Gasteiger partial charge in [0.25, 0.3) is 5.91 Å². The van der Waals surface area contributed by atoms with Gasteiger partial charge in [0, 0.05) is 28.5 Å². The zero-order valence-corrected chi connectivity index (χ0v) is 18.2. The predicted octanol–water partition coefficient (Wildman–Crippen LogP) is 3.70. The van der Waals surface area contributed by atoms with E-state index in [0.717, 1.165) is 37.2 Å². The van der Waals surface area contributed by atoms with E-state index in [0.29, 0.717) is 33.6 Å². The number of hydrogen-bond acceptors (Lipinski definition) is 6. The Morgan fingerprint density at radius 3 is 2.68 bits per heavy atom. The number of anilines is 1. The molecule has 1 amide bonds. The number of halogens is 1. The second-order valence-corrected chi connectivity index (χ2v) is 8.39. The lowest BCUT2D eigenvalue weighted by Gasteiger charge is -2.30. The van der Waals surface area contributed by atoms with Crippen molar-refractivity contribution in [3.8, 4) is 11.4 Å². The van der Waals surface area contributed by atoms with E-state index in [-0.39, 0.29) is 5.91 Å². The summed E-state index contributed by atoms with van der Waals surface area (Å²) in [4.78, 5) is 21.6. The van der Waals surface area contributed by atoms with Crippen molar-refractivity contribution in [3.63, 3.8) is 0 Å². The Hall–Kier alpha value is -2.88. The quantitative estimate of drug-likeness (QED) is 0.609. The molecule has 1 saturated heterocycles. The van der Waals surface area contributed by atoms with Crippen LogP contribution in [0.15, 0.2) is 47.8 Å². The van der Waals surface area contributed by atoms with Crippen molar-refractivity contribution < 1.29 is 4.79 Å². The lowest BCUT2D eigenvalue weighted by Crippen LogP contribution is -2.43. The van der Waals surface area contributed by atoms with Crippen LogP contribution >= 0.6 is 23.8 Å². The third-order valence-electron chi connectivity index (χ3n) is 5.53. The molecule has 0 spiro atoms. The van der Waals surface area contributed by atoms with Crippen molar-refractivity contribution >= 4 is 41.1 Å². The van der Waals surface area contributed by atoms with Gasteiger partial charge in [-0.1, -0.05) is 18.0 Å². The molecule has 5 rings (SSSR count). The lowest BCUT2D eigenvalue weighted by atomic mass is 10.1. The Labute approximate surface area is 189 Å². The highest BCUT2D eigenvalue weighted by Gasteiger charge is 2.36. The van der Waals surface area contributed by atoms with Crippen LogP contribution in [-0.2, 0) is 4.79 Å². The first kappa shape index (κ1) is 20.0. The number of nitrogens with zero attached hydrogens (tertiary/aromatic N) is 6. The van der Waals surface area contributed by atoms with Gasteiger partial charge in [-0.2, -0.15) is 14.9 Å². The molecule has 4 heterocycles. The summed E-state index contributed by atoms with van der Waals surface area (Å²) >= 11 is 11.7. The first-order valence-corrected chi connectivity index (χ1v) is 10.9. The van der Waals surface area contributed by atoms with Gasteiger partial charge < -0.3 is 0 Å². The third-order valence-corrected chi connectivity index (χ3v) is 6.03. The fourth-order valence-electron chi connectivity index (χ4n) is 4.00. The largest absolute Gasteiger partial charge is 0.293 e. The Balaban J connectivity index is 1.58. The van der Waals surface area contributed by atoms with E-state index in [1.54, 1.807) is 29.4 Å². The van der Waals surface area contributed by atoms with Crippen LogP contribution < -0.4 is 4.90 Å². The van der Waals surface area contributed by atoms with Gasteiger partial charge in [-0.15, -0.1) is 0 Å². The number of nitrogens with one attached hydrogen (secondary N) is 1. The third kappa shape index (κ3) is 3.80. The molecule has 0 unspecified atom stereocenters. The second-order valence-electron chi connectivity index (χ2n) is 7.56. The minimum atomic E-state index is -0.174. The van der Waals surface area contributed by atoms with Crippen LogP contribution in [0.2, 0.25) is 5.02 Å². The van der Waals surface area contributed by atoms with Crippen molar-refractivity contribution in [2.24, 2.45) is 5.10 Å². The molecule has 31 heavy (non-hydrogen) atoms. The van der Waals surface area contributed by atoms with Crippen molar-refractivity contribution in [3.05, 3.63) is 58.1 Å². The van der Waals surface area contributed by atoms with Gasteiger partial charge in [0.1, 0.15) is 0 Å². The molecule has 2 aromatic heterocycles. The standard InChI is InChI=1S/C21H20ClN7OS/c22-15-4-5-17-16(12-15)18(20(30)28(17)13-27-10-2-1-3-11-27)26-29-19(24-25-21(29)31)14-6-8-23-9-7-14/h4-9,12H,1-3,10-11,13H2,(H,25,31). The first-order valence-electron chi connectivity index (χ1n) is 10.1. The van der Waals surface area contributed by atoms with Crippen LogP contribution in [0.4, 0.5) is 5.69 Å². The summed E-state index contributed by atoms with van der Waals surface area (Å²) in [6.07, 6.45) is 6.87. The van der Waals surface area contributed by atoms with E-state index in [1.807, 2.05) is 18.2 Å². The molecule has 2 aliphatic rings. The molecule has 2 aliphatic heterocycles. The maximum absolute atomic E-state index is 13.5. The number of carbonyl (C=O) groups excluding carboxylic acids is 1. The molecule has 3 aromatic rings. The number of fused-ring (bicyclic) bond motifs is 1. The smallest absolute Gasteiger partial charge is 0.280 e. The molecule has 8 nitrogen and oxygen atoms in total. The van der Waals surface area contributed by atoms with Gasteiger partial charge in [0.2, 0.25) is 4.77 Å². The van der Waals surface area contributed by atoms with Crippen molar-refractivity contribution in [2.45, 2.75) is 19.3 Å². The summed E-state index contributed by atoms with van der Waals surface area (Å²) in [5.74, 6) is 0.331. The number of pyridine rings is 1. The van der Waals surface area contributed by atoms with E-state index >= 15 is 0 Å². The van der Waals surface area contributed by atoms with Crippen molar-refractivity contribution in [1.29, 1.82) is 0 Å². The Morgan fingerprint density at radius 2 is 1.90 bits per heavy atom. The Bertz CT molecular complexity index is 1210. The van der Waals surface area contributed by atoms with Crippen LogP contribution in [0.25, 0.3) is 11.4 Å². The fraction of sp³-hybridized carbons (Fsp3) is 0.286. The molecule has 1 aromatic carbocycles. The summed E-state index contributed by atoms with van der Waals surface area (Å²) in [6, 6.07) is 9.07. The SMILES string of the molecule is O=C1C(=Nn2c(-c3ccncc3)n[nH]c2=S)c2cc(Cl)ccc2N1CN1CCCCC1. The van der Waals surface area contributed by atoms with Crippen LogP contribution in [0.3, 0.4) is 0 Å². The van der Waals surface area contributed by atoms with E-state index in [9.17, 15) is 4.79 Å². The summed E-state index contributed by atoms with van der Waals surface area (Å²) in [6.45, 7) is 2.50. The zero-order chi connectivity index (χ0) is 21.4. The minimum absolute atomic E-state index is 0.174. The van der Waals surface area contributed by atoms with Crippen LogP contribution in [0.5, 0.6) is 0 Å². The molecule has 0 bridgehead atoms. The van der Waals surface area contributed by atoms with Gasteiger partial charge in [0.15, 0.2) is 11.5 Å². The number of amides is 1. The molecule has 0 atom stereocenters. The number of aromatic nitrogens is 4. The second kappa shape index (κ2) is 8.33. The lowest BCUT2D eigenvalue weighted by molar-refractivity contribution is -0.112. The van der Waals surface area contributed by atoms with E-state index in [1.165, 1.54) is 11.1 Å². The maximum Gasteiger partial charge on any atom is 0.280 e. The van der Waals surface area contributed by atoms with Crippen molar-refractivity contribution in [2.75, 3.05) is 24.7 Å². The van der Waals surface area contributed by atoms with E-state index in [2.05, 4.69) is 25.2 Å². The maximum atomic E-state index is 13.5. The topological polar surface area (TPSA) is 82.4 Å². The minimum Gasteiger partial charge on any atom is -0.293 e. The van der Waals surface area contributed by atoms with Crippen LogP contribution in [-0.4, -0.2) is 56.1 Å². The molecule has 10 heteroatoms. The molecule has 0 saturated carbocycles. The summed E-state index contributed by atoms with van der Waals surface area (Å²) < 4.78 is 1.78. The van der Waals surface area contributed by atoms with Gasteiger partial charge in [-0.3, -0.25) is 19.6 Å². The van der Waals surface area contributed by atoms with Crippen molar-refractivity contribution in [1.82, 2.24) is 24.8 Å². The molecular formula is C21H20ClN7OS. The Kier molecular flexibility index (Phi) is 5.39. The van der Waals surface area contributed by atoms with Gasteiger partial charge in [0.05, 0.1) is 12.4 Å². The number of rotatable bonds is 4. The molecule has 0 radical (unpaired) electrons. The molecule has 1 fully saturated rings. The number of likely N-dealkylation sites (tertiary alicyclic amines) is 1. The fourth-order valence-corrected chi connectivity index (χ4v) is 4.34. The average Bonchev–Trinajstić information content (AvgIpc) is 3.28. The molecule has 1 N–H and O–H groups in total. The Morgan fingerprint density at radius 1 is 1.13 bits per heavy atom. The summed E-state index contributed by atoms with van der Waals surface area (Å²) in [7, 11) is 0. The van der Waals surface area contributed by atoms with Gasteiger partial charge in [-0.05, 0) is 68.5 Å². The number of benzene rings is 1. The summed E-state index contributed by atoms with van der Waals surface area (Å²) in [5, 5.41) is 12.2. The monoisotopic (exact) mass is 453 g/mol. The summed E-state index contributed by atoms with van der Waals surface area (Å²) in [5.41, 5.74) is 2.58. The van der Waals surface area contributed by atoms with Crippen LogP contribution in [0.1, 0.15) is 24.8 Å². The molecular weight excluding hydrogens is 434 g/mol. The number of H-pyrrole nitrogens is 1. The van der Waals surface area contributed by atoms with Crippen LogP contribution in [0, 0.1) is 4.77 Å². The number of carbonyl (C=O) groups is 1. The first-order chi connectivity index (χ1) is 15.1. The average molecular weight is 454 g/mol. The van der Waals surface area contributed by atoms with E-state index < -0.39 is 0 Å². The van der Waals surface area contributed by atoms with Gasteiger partial charge >= 0.3 is 0 Å². The highest BCUT2D eigenvalue weighted by atomic mass is 35.5. The highest BCUT2D eigenvalue weighted by Crippen LogP contribution is 2.33. The number of piperidine rings is 1. The normalized spacial score (nSPS) is 18.0. The number of aromatic amines is 1. The molecule has 158 valence electrons. The predicted molar refractivity (Wildman–Crippen MR) is 122 cm³/mol.